The highest BCUT2D eigenvalue weighted by Crippen LogP contribution is 2.23. The van der Waals surface area contributed by atoms with E-state index in [-0.39, 0.29) is 5.91 Å². The predicted molar refractivity (Wildman–Crippen MR) is 91.3 cm³/mol. The molecule has 0 atom stereocenters. The number of halogens is 1. The van der Waals surface area contributed by atoms with Gasteiger partial charge in [0.05, 0.1) is 0 Å². The fourth-order valence-corrected chi connectivity index (χ4v) is 2.75. The summed E-state index contributed by atoms with van der Waals surface area (Å²) in [5.41, 5.74) is 3.73. The van der Waals surface area contributed by atoms with E-state index in [4.69, 9.17) is 0 Å². The summed E-state index contributed by atoms with van der Waals surface area (Å²) in [5, 5.41) is 2.96. The fraction of sp³-hybridized carbons (Fsp3) is 0.312. The number of amides is 1. The van der Waals surface area contributed by atoms with E-state index < -0.39 is 0 Å². The number of carbonyl (C=O) groups is 1. The number of hydrogen-bond donors (Lipinski definition) is 1. The highest BCUT2D eigenvalue weighted by Gasteiger charge is 2.13. The van der Waals surface area contributed by atoms with Crippen LogP contribution in [0.15, 0.2) is 34.9 Å². The lowest BCUT2D eigenvalue weighted by atomic mass is 10.1. The van der Waals surface area contributed by atoms with Gasteiger partial charge in [0.1, 0.15) is 5.69 Å². The van der Waals surface area contributed by atoms with Gasteiger partial charge in [0.25, 0.3) is 5.91 Å². The molecule has 0 aliphatic rings. The topological polar surface area (TPSA) is 37.3 Å². The molecule has 2 aromatic rings. The Bertz CT molecular complexity index is 662. The van der Waals surface area contributed by atoms with Gasteiger partial charge in [-0.25, -0.2) is 0 Å². The van der Waals surface area contributed by atoms with Gasteiger partial charge in [-0.05, 0) is 53.5 Å². The Morgan fingerprint density at radius 3 is 2.67 bits per heavy atom. The molecule has 1 amide bonds. The van der Waals surface area contributed by atoms with Crippen LogP contribution in [0.2, 0.25) is 0 Å². The van der Waals surface area contributed by atoms with Crippen LogP contribution in [-0.2, 0) is 6.54 Å². The number of nitrogens with zero attached hydrogens (tertiary/aromatic N) is 2. The van der Waals surface area contributed by atoms with Crippen LogP contribution in [0.3, 0.4) is 0 Å². The zero-order valence-electron chi connectivity index (χ0n) is 12.8. The van der Waals surface area contributed by atoms with Crippen LogP contribution in [0.5, 0.6) is 0 Å². The first-order valence-electron chi connectivity index (χ1n) is 6.87. The van der Waals surface area contributed by atoms with Crippen molar-refractivity contribution in [3.8, 4) is 0 Å². The molecule has 0 spiro atoms. The van der Waals surface area contributed by atoms with Crippen LogP contribution in [0.1, 0.15) is 23.0 Å². The van der Waals surface area contributed by atoms with Crippen LogP contribution < -0.4 is 10.2 Å². The molecule has 0 saturated heterocycles. The Labute approximate surface area is 133 Å². The summed E-state index contributed by atoms with van der Waals surface area (Å²) < 4.78 is 2.83. The summed E-state index contributed by atoms with van der Waals surface area (Å²) in [5.74, 6) is -0.101. The summed E-state index contributed by atoms with van der Waals surface area (Å²) in [4.78, 5) is 14.4. The van der Waals surface area contributed by atoms with Gasteiger partial charge in [0, 0.05) is 42.7 Å². The summed E-state index contributed by atoms with van der Waals surface area (Å²) in [6, 6.07) is 7.76. The van der Waals surface area contributed by atoms with Gasteiger partial charge in [-0.15, -0.1) is 0 Å². The molecule has 0 unspecified atom stereocenters. The van der Waals surface area contributed by atoms with Crippen molar-refractivity contribution in [1.29, 1.82) is 0 Å². The maximum Gasteiger partial charge on any atom is 0.272 e. The van der Waals surface area contributed by atoms with Crippen LogP contribution in [-0.4, -0.2) is 24.6 Å². The lowest BCUT2D eigenvalue weighted by molar-refractivity contribution is 0.101. The van der Waals surface area contributed by atoms with Crippen molar-refractivity contribution in [2.75, 3.05) is 24.3 Å². The third-order valence-corrected chi connectivity index (χ3v) is 3.82. The lowest BCUT2D eigenvalue weighted by Crippen LogP contribution is -2.17. The molecule has 1 aromatic carbocycles. The molecule has 0 saturated carbocycles. The van der Waals surface area contributed by atoms with Crippen molar-refractivity contribution < 1.29 is 4.79 Å². The number of hydrogen-bond acceptors (Lipinski definition) is 2. The zero-order valence-corrected chi connectivity index (χ0v) is 14.4. The molecule has 2 rings (SSSR count). The molecular formula is C16H20BrN3O. The number of nitrogens with one attached hydrogen (secondary N) is 1. The van der Waals surface area contributed by atoms with Crippen molar-refractivity contribution in [1.82, 2.24) is 4.57 Å². The van der Waals surface area contributed by atoms with E-state index >= 15 is 0 Å². The standard InChI is InChI=1S/C16H20BrN3O/c1-5-20-10-12(17)8-15(20)16(21)18-13-7-6-11(2)14(9-13)19(3)4/h6-10H,5H2,1-4H3,(H,18,21). The third kappa shape index (κ3) is 3.47. The SMILES string of the molecule is CCn1cc(Br)cc1C(=O)Nc1ccc(C)c(N(C)C)c1. The Morgan fingerprint density at radius 1 is 1.33 bits per heavy atom. The molecule has 1 N–H and O–H groups in total. The minimum Gasteiger partial charge on any atom is -0.377 e. The van der Waals surface area contributed by atoms with E-state index in [1.807, 2.05) is 60.9 Å². The van der Waals surface area contributed by atoms with E-state index in [0.717, 1.165) is 22.4 Å². The van der Waals surface area contributed by atoms with Crippen LogP contribution in [0.4, 0.5) is 11.4 Å². The highest BCUT2D eigenvalue weighted by molar-refractivity contribution is 9.10. The van der Waals surface area contributed by atoms with Gasteiger partial charge in [0.2, 0.25) is 0 Å². The van der Waals surface area contributed by atoms with E-state index in [0.29, 0.717) is 5.69 Å². The number of benzene rings is 1. The monoisotopic (exact) mass is 349 g/mol. The molecule has 0 aliphatic heterocycles. The average Bonchev–Trinajstić information content (AvgIpc) is 2.82. The maximum absolute atomic E-state index is 12.4. The lowest BCUT2D eigenvalue weighted by Gasteiger charge is -2.17. The molecule has 21 heavy (non-hydrogen) atoms. The van der Waals surface area contributed by atoms with Crippen LogP contribution in [0, 0.1) is 6.92 Å². The van der Waals surface area contributed by atoms with E-state index in [9.17, 15) is 4.79 Å². The summed E-state index contributed by atoms with van der Waals surface area (Å²) in [7, 11) is 3.99. The molecule has 5 heteroatoms. The molecular weight excluding hydrogens is 330 g/mol. The summed E-state index contributed by atoms with van der Waals surface area (Å²) in [6.45, 7) is 4.82. The molecule has 1 heterocycles. The van der Waals surface area contributed by atoms with Crippen molar-refractivity contribution in [3.05, 3.63) is 46.2 Å². The first-order chi connectivity index (χ1) is 9.92. The third-order valence-electron chi connectivity index (χ3n) is 3.39. The largest absolute Gasteiger partial charge is 0.377 e. The number of aromatic nitrogens is 1. The Hall–Kier alpha value is -1.75. The van der Waals surface area contributed by atoms with Gasteiger partial charge in [0.15, 0.2) is 0 Å². The van der Waals surface area contributed by atoms with Gasteiger partial charge >= 0.3 is 0 Å². The molecule has 0 bridgehead atoms. The maximum atomic E-state index is 12.4. The molecule has 0 radical (unpaired) electrons. The summed E-state index contributed by atoms with van der Waals surface area (Å²) >= 11 is 3.41. The van der Waals surface area contributed by atoms with E-state index in [1.165, 1.54) is 5.56 Å². The first kappa shape index (κ1) is 15.6. The number of carbonyl (C=O) groups excluding carboxylic acids is 1. The highest BCUT2D eigenvalue weighted by atomic mass is 79.9. The molecule has 0 fully saturated rings. The quantitative estimate of drug-likeness (QED) is 0.908. The normalized spacial score (nSPS) is 10.5. The molecule has 1 aromatic heterocycles. The van der Waals surface area contributed by atoms with Gasteiger partial charge in [-0.2, -0.15) is 0 Å². The second kappa shape index (κ2) is 6.35. The molecule has 4 nitrogen and oxygen atoms in total. The number of rotatable bonds is 4. The number of anilines is 2. The van der Waals surface area contributed by atoms with Gasteiger partial charge in [-0.3, -0.25) is 4.79 Å². The van der Waals surface area contributed by atoms with Gasteiger partial charge < -0.3 is 14.8 Å². The molecule has 112 valence electrons. The zero-order chi connectivity index (χ0) is 15.6. The predicted octanol–water partition coefficient (Wildman–Crippen LogP) is 3.90. The minimum absolute atomic E-state index is 0.101. The average molecular weight is 350 g/mol. The number of aryl methyl sites for hydroxylation is 2. The smallest absolute Gasteiger partial charge is 0.272 e. The fourth-order valence-electron chi connectivity index (χ4n) is 2.29. The van der Waals surface area contributed by atoms with Gasteiger partial charge in [-0.1, -0.05) is 6.07 Å². The second-order valence-electron chi connectivity index (χ2n) is 5.18. The minimum atomic E-state index is -0.101. The van der Waals surface area contributed by atoms with Crippen LogP contribution in [0.25, 0.3) is 0 Å². The summed E-state index contributed by atoms with van der Waals surface area (Å²) in [6.07, 6.45) is 1.91. The Morgan fingerprint density at radius 2 is 2.05 bits per heavy atom. The van der Waals surface area contributed by atoms with E-state index in [2.05, 4.69) is 28.2 Å². The Balaban J connectivity index is 2.25. The van der Waals surface area contributed by atoms with Crippen molar-refractivity contribution in [2.24, 2.45) is 0 Å². The van der Waals surface area contributed by atoms with Crippen LogP contribution >= 0.6 is 15.9 Å². The van der Waals surface area contributed by atoms with Crippen molar-refractivity contribution in [3.63, 3.8) is 0 Å². The van der Waals surface area contributed by atoms with E-state index in [1.54, 1.807) is 0 Å². The Kier molecular flexibility index (Phi) is 4.73. The second-order valence-corrected chi connectivity index (χ2v) is 6.10. The van der Waals surface area contributed by atoms with Crippen molar-refractivity contribution >= 4 is 33.2 Å². The first-order valence-corrected chi connectivity index (χ1v) is 7.66. The molecule has 0 aliphatic carbocycles. The van der Waals surface area contributed by atoms with Crippen molar-refractivity contribution in [2.45, 2.75) is 20.4 Å².